The first kappa shape index (κ1) is 21.4. The van der Waals surface area contributed by atoms with Gasteiger partial charge in [-0.25, -0.2) is 9.18 Å². The predicted octanol–water partition coefficient (Wildman–Crippen LogP) is 3.94. The fourth-order valence-corrected chi connectivity index (χ4v) is 3.77. The molecule has 1 aliphatic rings. The molecule has 4 rings (SSSR count). The van der Waals surface area contributed by atoms with E-state index in [2.05, 4.69) is 20.2 Å². The molecule has 2 aromatic heterocycles. The van der Waals surface area contributed by atoms with Crippen LogP contribution in [0.1, 0.15) is 33.6 Å². The van der Waals surface area contributed by atoms with E-state index in [0.29, 0.717) is 23.4 Å². The minimum absolute atomic E-state index is 0.128. The molecule has 0 spiro atoms. The third-order valence-electron chi connectivity index (χ3n) is 5.38. The molecule has 8 heteroatoms. The number of benzene rings is 1. The number of anilines is 2. The zero-order valence-corrected chi connectivity index (χ0v) is 17.4. The fourth-order valence-electron chi connectivity index (χ4n) is 3.77. The Morgan fingerprint density at radius 3 is 2.44 bits per heavy atom. The summed E-state index contributed by atoms with van der Waals surface area (Å²) in [6.45, 7) is 1.68. The molecule has 1 N–H and O–H groups in total. The van der Waals surface area contributed by atoms with Crippen LogP contribution in [0.2, 0.25) is 0 Å². The van der Waals surface area contributed by atoms with Crippen LogP contribution in [0.3, 0.4) is 0 Å². The van der Waals surface area contributed by atoms with Gasteiger partial charge in [0.1, 0.15) is 5.82 Å². The Labute approximate surface area is 185 Å². The lowest BCUT2D eigenvalue weighted by molar-refractivity contribution is 0.0428. The zero-order valence-electron chi connectivity index (χ0n) is 17.4. The number of hydrogen-bond donors (Lipinski definition) is 1. The van der Waals surface area contributed by atoms with Crippen LogP contribution in [-0.2, 0) is 4.74 Å². The highest BCUT2D eigenvalue weighted by Crippen LogP contribution is 2.31. The van der Waals surface area contributed by atoms with Crippen LogP contribution in [0.15, 0.2) is 67.3 Å². The smallest absolute Gasteiger partial charge is 0.338 e. The summed E-state index contributed by atoms with van der Waals surface area (Å²) in [5.74, 6) is -1.02. The summed E-state index contributed by atoms with van der Waals surface area (Å²) in [6.07, 6.45) is 7.98. The molecular formula is C24H23FN4O3. The van der Waals surface area contributed by atoms with Gasteiger partial charge in [-0.05, 0) is 55.3 Å². The second-order valence-electron chi connectivity index (χ2n) is 7.64. The van der Waals surface area contributed by atoms with Crippen LogP contribution in [0.25, 0.3) is 0 Å². The Morgan fingerprint density at radius 2 is 1.72 bits per heavy atom. The molecule has 1 aromatic carbocycles. The number of hydrogen-bond acceptors (Lipinski definition) is 6. The lowest BCUT2D eigenvalue weighted by atomic mass is 9.98. The van der Waals surface area contributed by atoms with E-state index >= 15 is 0 Å². The number of rotatable bonds is 6. The lowest BCUT2D eigenvalue weighted by Crippen LogP contribution is -2.38. The zero-order chi connectivity index (χ0) is 22.3. The van der Waals surface area contributed by atoms with E-state index in [9.17, 15) is 14.0 Å². The number of nitrogens with one attached hydrogen (secondary N) is 1. The van der Waals surface area contributed by atoms with Crippen LogP contribution in [0, 0.1) is 11.7 Å². The average Bonchev–Trinajstić information content (AvgIpc) is 2.84. The molecule has 1 saturated heterocycles. The van der Waals surface area contributed by atoms with Gasteiger partial charge < -0.3 is 15.0 Å². The van der Waals surface area contributed by atoms with Crippen molar-refractivity contribution in [2.24, 2.45) is 5.92 Å². The summed E-state index contributed by atoms with van der Waals surface area (Å²) >= 11 is 0. The Hall–Kier alpha value is -3.81. The number of esters is 1. The van der Waals surface area contributed by atoms with Gasteiger partial charge in [0.2, 0.25) is 0 Å². The Bertz CT molecular complexity index is 1080. The van der Waals surface area contributed by atoms with Crippen molar-refractivity contribution in [3.05, 3.63) is 84.2 Å². The van der Waals surface area contributed by atoms with E-state index in [0.717, 1.165) is 25.1 Å². The fraction of sp³-hybridized carbons (Fsp3) is 0.250. The molecule has 164 valence electrons. The van der Waals surface area contributed by atoms with E-state index < -0.39 is 5.82 Å². The van der Waals surface area contributed by atoms with Crippen molar-refractivity contribution in [1.29, 1.82) is 0 Å². The monoisotopic (exact) mass is 434 g/mol. The second-order valence-corrected chi connectivity index (χ2v) is 7.64. The van der Waals surface area contributed by atoms with Gasteiger partial charge in [0, 0.05) is 49.4 Å². The summed E-state index contributed by atoms with van der Waals surface area (Å²) in [5.41, 5.74) is 2.04. The van der Waals surface area contributed by atoms with E-state index in [4.69, 9.17) is 4.74 Å². The molecule has 3 aromatic rings. The van der Waals surface area contributed by atoms with Crippen molar-refractivity contribution in [2.45, 2.75) is 12.8 Å². The summed E-state index contributed by atoms with van der Waals surface area (Å²) < 4.78 is 19.5. The third-order valence-corrected chi connectivity index (χ3v) is 5.38. The second kappa shape index (κ2) is 10.00. The van der Waals surface area contributed by atoms with Crippen molar-refractivity contribution >= 4 is 23.3 Å². The highest BCUT2D eigenvalue weighted by Gasteiger charge is 2.24. The van der Waals surface area contributed by atoms with Crippen molar-refractivity contribution in [3.8, 4) is 0 Å². The minimum Gasteiger partial charge on any atom is -0.462 e. The standard InChI is InChI=1S/C24H23FN4O3/c25-20-3-4-22(21(14-20)28-23(30)18-5-9-26-10-6-18)29-13-1-2-17(15-29)16-32-24(31)19-7-11-27-12-8-19/h3-12,14,17H,1-2,13,15-16H2,(H,28,30). The van der Waals surface area contributed by atoms with Gasteiger partial charge in [0.05, 0.1) is 23.5 Å². The number of nitrogens with zero attached hydrogens (tertiary/aromatic N) is 3. The van der Waals surface area contributed by atoms with Crippen molar-refractivity contribution in [1.82, 2.24) is 9.97 Å². The summed E-state index contributed by atoms with van der Waals surface area (Å²) in [5, 5.41) is 2.81. The minimum atomic E-state index is -0.432. The Balaban J connectivity index is 1.43. The SMILES string of the molecule is O=C(Nc1cc(F)ccc1N1CCCC(COC(=O)c2ccncc2)C1)c1ccncc1. The van der Waals surface area contributed by atoms with Gasteiger partial charge in [-0.1, -0.05) is 0 Å². The van der Waals surface area contributed by atoms with Gasteiger partial charge in [-0.2, -0.15) is 0 Å². The Morgan fingerprint density at radius 1 is 1.03 bits per heavy atom. The number of amides is 1. The van der Waals surface area contributed by atoms with Crippen LogP contribution in [0.5, 0.6) is 0 Å². The first-order valence-electron chi connectivity index (χ1n) is 10.4. The number of carbonyl (C=O) groups excluding carboxylic acids is 2. The van der Waals surface area contributed by atoms with Crippen molar-refractivity contribution in [2.75, 3.05) is 29.9 Å². The first-order chi connectivity index (χ1) is 15.6. The van der Waals surface area contributed by atoms with Gasteiger partial charge in [-0.3, -0.25) is 14.8 Å². The van der Waals surface area contributed by atoms with Gasteiger partial charge in [0.25, 0.3) is 5.91 Å². The van der Waals surface area contributed by atoms with Gasteiger partial charge >= 0.3 is 5.97 Å². The number of carbonyl (C=O) groups is 2. The van der Waals surface area contributed by atoms with Crippen LogP contribution >= 0.6 is 0 Å². The van der Waals surface area contributed by atoms with Crippen LogP contribution < -0.4 is 10.2 Å². The van der Waals surface area contributed by atoms with Crippen LogP contribution in [-0.4, -0.2) is 41.5 Å². The third kappa shape index (κ3) is 5.26. The Kier molecular flexibility index (Phi) is 6.69. The molecule has 0 bridgehead atoms. The number of halogens is 1. The molecule has 1 aliphatic heterocycles. The largest absolute Gasteiger partial charge is 0.462 e. The quantitative estimate of drug-likeness (QED) is 0.592. The topological polar surface area (TPSA) is 84.4 Å². The van der Waals surface area contributed by atoms with Crippen molar-refractivity contribution < 1.29 is 18.7 Å². The molecule has 0 aliphatic carbocycles. The number of pyridine rings is 2. The first-order valence-corrected chi connectivity index (χ1v) is 10.4. The molecule has 3 heterocycles. The summed E-state index contributed by atoms with van der Waals surface area (Å²) in [6, 6.07) is 10.8. The normalized spacial score (nSPS) is 15.8. The molecule has 1 amide bonds. The number of aromatic nitrogens is 2. The van der Waals surface area contributed by atoms with Gasteiger partial charge in [0.15, 0.2) is 0 Å². The molecule has 1 unspecified atom stereocenters. The van der Waals surface area contributed by atoms with E-state index in [1.807, 2.05) is 0 Å². The molecular weight excluding hydrogens is 411 g/mol. The van der Waals surface area contributed by atoms with E-state index in [1.54, 1.807) is 42.7 Å². The highest BCUT2D eigenvalue weighted by molar-refractivity contribution is 6.05. The van der Waals surface area contributed by atoms with E-state index in [1.165, 1.54) is 24.5 Å². The molecule has 1 fully saturated rings. The number of ether oxygens (including phenoxy) is 1. The van der Waals surface area contributed by atoms with E-state index in [-0.39, 0.29) is 24.4 Å². The maximum atomic E-state index is 14.0. The van der Waals surface area contributed by atoms with Gasteiger partial charge in [-0.15, -0.1) is 0 Å². The number of piperidine rings is 1. The molecule has 0 radical (unpaired) electrons. The lowest BCUT2D eigenvalue weighted by Gasteiger charge is -2.35. The average molecular weight is 434 g/mol. The summed E-state index contributed by atoms with van der Waals surface area (Å²) in [7, 11) is 0. The summed E-state index contributed by atoms with van der Waals surface area (Å²) in [4.78, 5) is 34.7. The maximum absolute atomic E-state index is 14.0. The molecule has 0 saturated carbocycles. The van der Waals surface area contributed by atoms with Crippen LogP contribution in [0.4, 0.5) is 15.8 Å². The predicted molar refractivity (Wildman–Crippen MR) is 118 cm³/mol. The van der Waals surface area contributed by atoms with Crippen molar-refractivity contribution in [3.63, 3.8) is 0 Å². The maximum Gasteiger partial charge on any atom is 0.338 e. The molecule has 7 nitrogen and oxygen atoms in total. The highest BCUT2D eigenvalue weighted by atomic mass is 19.1. The molecule has 1 atom stereocenters. The molecule has 32 heavy (non-hydrogen) atoms.